The molecule has 0 aliphatic rings. The van der Waals surface area contributed by atoms with E-state index in [1.165, 1.54) is 7.05 Å². The topological polar surface area (TPSA) is 96.0 Å². The summed E-state index contributed by atoms with van der Waals surface area (Å²) in [6, 6.07) is 0. The average Bonchev–Trinajstić information content (AvgIpc) is 2.39. The van der Waals surface area contributed by atoms with Gasteiger partial charge in [0.05, 0.1) is 5.75 Å². The summed E-state index contributed by atoms with van der Waals surface area (Å²) in [5, 5.41) is 6.10. The van der Waals surface area contributed by atoms with E-state index in [4.69, 9.17) is 0 Å². The fourth-order valence-corrected chi connectivity index (χ4v) is 1.92. The normalized spacial score (nSPS) is 11.3. The number of aryl methyl sites for hydroxylation is 1. The Bertz CT molecular complexity index is 504. The fourth-order valence-electron chi connectivity index (χ4n) is 1.35. The molecule has 0 aliphatic carbocycles. The molecule has 7 nitrogen and oxygen atoms in total. The summed E-state index contributed by atoms with van der Waals surface area (Å²) in [7, 11) is -1.80. The van der Waals surface area contributed by atoms with Crippen LogP contribution in [0, 0.1) is 6.92 Å². The fraction of sp³-hybridized carbons (Fsp3) is 0.636. The van der Waals surface area contributed by atoms with E-state index >= 15 is 0 Å². The van der Waals surface area contributed by atoms with Gasteiger partial charge in [0.25, 0.3) is 0 Å². The molecule has 1 rings (SSSR count). The molecule has 0 spiro atoms. The lowest BCUT2D eigenvalue weighted by Crippen LogP contribution is -2.26. The summed E-state index contributed by atoms with van der Waals surface area (Å²) >= 11 is 0. The zero-order valence-corrected chi connectivity index (χ0v) is 12.3. The number of rotatable bonds is 8. The quantitative estimate of drug-likeness (QED) is 0.647. The Morgan fingerprint density at radius 3 is 2.63 bits per heavy atom. The summed E-state index contributed by atoms with van der Waals surface area (Å²) in [5.74, 6) is 1.20. The number of hydrogen-bond donors (Lipinski definition) is 3. The van der Waals surface area contributed by atoms with Gasteiger partial charge in [0, 0.05) is 24.8 Å². The Kier molecular flexibility index (Phi) is 5.97. The van der Waals surface area contributed by atoms with Crippen LogP contribution in [0.1, 0.15) is 18.9 Å². The van der Waals surface area contributed by atoms with E-state index in [1.807, 2.05) is 6.92 Å². The Hall–Kier alpha value is -1.41. The van der Waals surface area contributed by atoms with Crippen molar-refractivity contribution in [1.82, 2.24) is 14.7 Å². The van der Waals surface area contributed by atoms with Crippen molar-refractivity contribution in [3.05, 3.63) is 11.8 Å². The highest BCUT2D eigenvalue weighted by Gasteiger charge is 2.08. The zero-order chi connectivity index (χ0) is 14.3. The first-order valence-electron chi connectivity index (χ1n) is 6.21. The highest BCUT2D eigenvalue weighted by molar-refractivity contribution is 7.89. The molecule has 0 radical (unpaired) electrons. The molecule has 1 heterocycles. The lowest BCUT2D eigenvalue weighted by molar-refractivity contribution is 0.588. The lowest BCUT2D eigenvalue weighted by atomic mass is 10.3. The highest BCUT2D eigenvalue weighted by atomic mass is 32.2. The van der Waals surface area contributed by atoms with Gasteiger partial charge in [0.2, 0.25) is 16.0 Å². The molecule has 0 fully saturated rings. The first-order valence-corrected chi connectivity index (χ1v) is 7.86. The lowest BCUT2D eigenvalue weighted by Gasteiger charge is -2.10. The van der Waals surface area contributed by atoms with Crippen LogP contribution in [0.3, 0.4) is 0 Å². The highest BCUT2D eigenvalue weighted by Crippen LogP contribution is 2.12. The molecule has 8 heteroatoms. The Labute approximate surface area is 114 Å². The Morgan fingerprint density at radius 2 is 2.00 bits per heavy atom. The molecular formula is C11H21N5O2S. The van der Waals surface area contributed by atoms with Crippen LogP contribution in [0.15, 0.2) is 6.20 Å². The molecule has 0 saturated carbocycles. The van der Waals surface area contributed by atoms with Gasteiger partial charge >= 0.3 is 0 Å². The third kappa shape index (κ3) is 5.39. The number of nitrogens with one attached hydrogen (secondary N) is 3. The maximum atomic E-state index is 11.3. The van der Waals surface area contributed by atoms with Crippen LogP contribution in [-0.4, -0.2) is 44.3 Å². The van der Waals surface area contributed by atoms with Gasteiger partial charge in [-0.3, -0.25) is 0 Å². The second-order valence-electron chi connectivity index (χ2n) is 4.10. The van der Waals surface area contributed by atoms with E-state index in [2.05, 4.69) is 32.2 Å². The molecule has 0 aromatic carbocycles. The van der Waals surface area contributed by atoms with Gasteiger partial charge in [-0.1, -0.05) is 6.92 Å². The van der Waals surface area contributed by atoms with Gasteiger partial charge in [-0.2, -0.15) is 4.98 Å². The van der Waals surface area contributed by atoms with Crippen LogP contribution in [0.4, 0.5) is 11.8 Å². The summed E-state index contributed by atoms with van der Waals surface area (Å²) in [4.78, 5) is 8.46. The Morgan fingerprint density at radius 1 is 1.26 bits per heavy atom. The SMILES string of the molecule is CCCNc1ncc(C)c(NCCS(=O)(=O)NC)n1. The van der Waals surface area contributed by atoms with Crippen LogP contribution < -0.4 is 15.4 Å². The third-order valence-corrected chi connectivity index (χ3v) is 3.84. The molecule has 0 aliphatic heterocycles. The number of nitrogens with zero attached hydrogens (tertiary/aromatic N) is 2. The van der Waals surface area contributed by atoms with E-state index in [0.29, 0.717) is 18.3 Å². The molecule has 1 aromatic heterocycles. The average molecular weight is 287 g/mol. The Balaban J connectivity index is 2.61. The molecule has 0 unspecified atom stereocenters. The monoisotopic (exact) mass is 287 g/mol. The van der Waals surface area contributed by atoms with Crippen molar-refractivity contribution in [3.8, 4) is 0 Å². The molecule has 108 valence electrons. The number of anilines is 2. The maximum Gasteiger partial charge on any atom is 0.224 e. The summed E-state index contributed by atoms with van der Waals surface area (Å²) in [5.41, 5.74) is 0.879. The van der Waals surface area contributed by atoms with E-state index in [1.54, 1.807) is 6.20 Å². The summed E-state index contributed by atoms with van der Waals surface area (Å²) < 4.78 is 24.8. The second-order valence-corrected chi connectivity index (χ2v) is 6.15. The van der Waals surface area contributed by atoms with Crippen molar-refractivity contribution in [2.75, 3.05) is 36.5 Å². The predicted octanol–water partition coefficient (Wildman–Crippen LogP) is 0.568. The molecule has 0 atom stereocenters. The van der Waals surface area contributed by atoms with Gasteiger partial charge in [-0.15, -0.1) is 0 Å². The minimum Gasteiger partial charge on any atom is -0.369 e. The van der Waals surface area contributed by atoms with Crippen LogP contribution >= 0.6 is 0 Å². The summed E-state index contributed by atoms with van der Waals surface area (Å²) in [6.45, 7) is 5.03. The molecular weight excluding hydrogens is 266 g/mol. The molecule has 0 bridgehead atoms. The van der Waals surface area contributed by atoms with Gasteiger partial charge in [0.1, 0.15) is 5.82 Å². The minimum absolute atomic E-state index is 0.00463. The van der Waals surface area contributed by atoms with Crippen LogP contribution in [-0.2, 0) is 10.0 Å². The van der Waals surface area contributed by atoms with Gasteiger partial charge in [0.15, 0.2) is 0 Å². The van der Waals surface area contributed by atoms with Crippen molar-refractivity contribution >= 4 is 21.8 Å². The van der Waals surface area contributed by atoms with Crippen molar-refractivity contribution in [2.24, 2.45) is 0 Å². The first-order chi connectivity index (χ1) is 8.98. The number of sulfonamides is 1. The van der Waals surface area contributed by atoms with Crippen LogP contribution in [0.25, 0.3) is 0 Å². The second kappa shape index (κ2) is 7.25. The smallest absolute Gasteiger partial charge is 0.224 e. The van der Waals surface area contributed by atoms with Gasteiger partial charge in [-0.05, 0) is 20.4 Å². The summed E-state index contributed by atoms with van der Waals surface area (Å²) in [6.07, 6.45) is 2.69. The van der Waals surface area contributed by atoms with Gasteiger partial charge in [-0.25, -0.2) is 18.1 Å². The predicted molar refractivity (Wildman–Crippen MR) is 76.9 cm³/mol. The van der Waals surface area contributed by atoms with Crippen molar-refractivity contribution < 1.29 is 8.42 Å². The molecule has 3 N–H and O–H groups in total. The van der Waals surface area contributed by atoms with E-state index in [-0.39, 0.29) is 5.75 Å². The number of hydrogen-bond acceptors (Lipinski definition) is 6. The molecule has 19 heavy (non-hydrogen) atoms. The maximum absolute atomic E-state index is 11.3. The zero-order valence-electron chi connectivity index (χ0n) is 11.5. The van der Waals surface area contributed by atoms with Crippen molar-refractivity contribution in [3.63, 3.8) is 0 Å². The van der Waals surface area contributed by atoms with Gasteiger partial charge < -0.3 is 10.6 Å². The molecule has 1 aromatic rings. The van der Waals surface area contributed by atoms with Crippen molar-refractivity contribution in [2.45, 2.75) is 20.3 Å². The standard InChI is InChI=1S/C11H21N5O2S/c1-4-5-14-11-15-8-9(2)10(16-11)13-6-7-19(17,18)12-3/h8,12H,4-7H2,1-3H3,(H2,13,14,15,16). The van der Waals surface area contributed by atoms with Crippen LogP contribution in [0.5, 0.6) is 0 Å². The molecule has 0 amide bonds. The molecule has 0 saturated heterocycles. The van der Waals surface area contributed by atoms with Crippen molar-refractivity contribution in [1.29, 1.82) is 0 Å². The van der Waals surface area contributed by atoms with E-state index in [0.717, 1.165) is 18.5 Å². The first kappa shape index (κ1) is 15.6. The van der Waals surface area contributed by atoms with E-state index < -0.39 is 10.0 Å². The largest absolute Gasteiger partial charge is 0.369 e. The third-order valence-electron chi connectivity index (χ3n) is 2.48. The number of aromatic nitrogens is 2. The van der Waals surface area contributed by atoms with Crippen LogP contribution in [0.2, 0.25) is 0 Å². The van der Waals surface area contributed by atoms with E-state index in [9.17, 15) is 8.42 Å². The minimum atomic E-state index is -3.20.